The summed E-state index contributed by atoms with van der Waals surface area (Å²) in [5.74, 6) is 0. The predicted octanol–water partition coefficient (Wildman–Crippen LogP) is 13.2. The molecule has 0 aliphatic rings. The molecular weight excluding hydrogens is 490 g/mol. The molecule has 0 saturated carbocycles. The van der Waals surface area contributed by atoms with Crippen molar-refractivity contribution in [1.29, 1.82) is 0 Å². The standard InChI is InChI=1S/C9H21N.3C8H18.BrH/c1-3-4-5-6-7-8-9-10-2;3*1-3-5-7-8-6-4-2;/h10H,3-9H2,1-2H3;3*3-8H2,1-2H3;1H. The first-order valence-corrected chi connectivity index (χ1v) is 16.3. The van der Waals surface area contributed by atoms with Crippen LogP contribution in [0.3, 0.4) is 0 Å². The first kappa shape index (κ1) is 45.4. The molecule has 0 rings (SSSR count). The smallest absolute Gasteiger partial charge is 0.00519 e. The Hall–Kier alpha value is 0.440. The summed E-state index contributed by atoms with van der Waals surface area (Å²) in [7, 11) is 2.02. The van der Waals surface area contributed by atoms with E-state index in [1.165, 1.54) is 161 Å². The van der Waals surface area contributed by atoms with Gasteiger partial charge in [0.2, 0.25) is 0 Å². The summed E-state index contributed by atoms with van der Waals surface area (Å²) in [6.45, 7) is 17.0. The van der Waals surface area contributed by atoms with Gasteiger partial charge in [-0.05, 0) is 20.0 Å². The van der Waals surface area contributed by atoms with Crippen LogP contribution in [-0.2, 0) is 0 Å². The lowest BCUT2D eigenvalue weighted by Gasteiger charge is -1.98. The molecule has 2 heteroatoms. The molecule has 0 aliphatic carbocycles. The Labute approximate surface area is 237 Å². The Morgan fingerprint density at radius 3 is 0.629 bits per heavy atom. The van der Waals surface area contributed by atoms with Crippen LogP contribution in [0.2, 0.25) is 0 Å². The van der Waals surface area contributed by atoms with Crippen molar-refractivity contribution >= 4 is 17.0 Å². The number of hydrogen-bond donors (Lipinski definition) is 1. The maximum absolute atomic E-state index is 3.16. The first-order valence-electron chi connectivity index (χ1n) is 16.3. The molecule has 1 N–H and O–H groups in total. The minimum Gasteiger partial charge on any atom is -0.320 e. The molecule has 0 heterocycles. The molecule has 35 heavy (non-hydrogen) atoms. The van der Waals surface area contributed by atoms with E-state index in [1.54, 1.807) is 0 Å². The highest BCUT2D eigenvalue weighted by molar-refractivity contribution is 8.93. The average Bonchev–Trinajstić information content (AvgIpc) is 2.86. The highest BCUT2D eigenvalue weighted by Crippen LogP contribution is 2.05. The summed E-state index contributed by atoms with van der Waals surface area (Å²) in [6.07, 6.45) is 33.8. The quantitative estimate of drug-likeness (QED) is 0.129. The van der Waals surface area contributed by atoms with Crippen molar-refractivity contribution in [2.75, 3.05) is 13.6 Å². The molecule has 0 aromatic carbocycles. The number of nitrogens with one attached hydrogen (secondary N) is 1. The van der Waals surface area contributed by atoms with Crippen molar-refractivity contribution in [1.82, 2.24) is 5.32 Å². The fourth-order valence-corrected chi connectivity index (χ4v) is 3.64. The Morgan fingerprint density at radius 1 is 0.286 bits per heavy atom. The van der Waals surface area contributed by atoms with Crippen molar-refractivity contribution in [2.24, 2.45) is 0 Å². The van der Waals surface area contributed by atoms with E-state index in [9.17, 15) is 0 Å². The lowest BCUT2D eigenvalue weighted by atomic mass is 10.1. The van der Waals surface area contributed by atoms with Gasteiger partial charge in [0.15, 0.2) is 0 Å². The van der Waals surface area contributed by atoms with E-state index in [4.69, 9.17) is 0 Å². The van der Waals surface area contributed by atoms with Crippen LogP contribution < -0.4 is 5.32 Å². The van der Waals surface area contributed by atoms with E-state index >= 15 is 0 Å². The molecule has 0 amide bonds. The van der Waals surface area contributed by atoms with Crippen LogP contribution in [0.5, 0.6) is 0 Å². The molecular formula is C33H76BrN. The van der Waals surface area contributed by atoms with E-state index in [0.717, 1.165) is 0 Å². The number of rotatable bonds is 22. The maximum Gasteiger partial charge on any atom is -0.00519 e. The second kappa shape index (κ2) is 55.1. The molecule has 0 bridgehead atoms. The number of hydrogen-bond acceptors (Lipinski definition) is 1. The van der Waals surface area contributed by atoms with Crippen LogP contribution in [-0.4, -0.2) is 13.6 Å². The van der Waals surface area contributed by atoms with Gasteiger partial charge in [-0.2, -0.15) is 0 Å². The molecule has 0 fully saturated rings. The van der Waals surface area contributed by atoms with Crippen molar-refractivity contribution in [3.63, 3.8) is 0 Å². The summed E-state index contributed by atoms with van der Waals surface area (Å²) in [4.78, 5) is 0. The molecule has 0 aromatic rings. The van der Waals surface area contributed by atoms with Gasteiger partial charge >= 0.3 is 0 Å². The van der Waals surface area contributed by atoms with Crippen molar-refractivity contribution < 1.29 is 0 Å². The summed E-state index contributed by atoms with van der Waals surface area (Å²) in [5.41, 5.74) is 0. The molecule has 0 atom stereocenters. The molecule has 0 saturated heterocycles. The van der Waals surface area contributed by atoms with Crippen LogP contribution >= 0.6 is 17.0 Å². The first-order chi connectivity index (χ1) is 16.7. The van der Waals surface area contributed by atoms with E-state index in [2.05, 4.69) is 53.8 Å². The lowest BCUT2D eigenvalue weighted by molar-refractivity contribution is 0.592. The maximum atomic E-state index is 3.16. The Bertz CT molecular complexity index is 203. The minimum atomic E-state index is 0. The second-order valence-electron chi connectivity index (χ2n) is 10.1. The Morgan fingerprint density at radius 2 is 0.457 bits per heavy atom. The van der Waals surface area contributed by atoms with Gasteiger partial charge in [-0.15, -0.1) is 17.0 Å². The molecule has 0 radical (unpaired) electrons. The third-order valence-corrected chi connectivity index (χ3v) is 6.15. The molecule has 0 aromatic heterocycles. The SMILES string of the molecule is Br.CCCCCCCC.CCCCCCCC.CCCCCCCC.CCCCCCCCNC. The Kier molecular flexibility index (Phi) is 71.4. The minimum absolute atomic E-state index is 0. The van der Waals surface area contributed by atoms with Gasteiger partial charge in [-0.3, -0.25) is 0 Å². The van der Waals surface area contributed by atoms with Crippen LogP contribution in [0.4, 0.5) is 0 Å². The summed E-state index contributed by atoms with van der Waals surface area (Å²) >= 11 is 0. The third kappa shape index (κ3) is 72.0. The topological polar surface area (TPSA) is 12.0 Å². The lowest BCUT2D eigenvalue weighted by Crippen LogP contribution is -2.06. The van der Waals surface area contributed by atoms with Gasteiger partial charge in [-0.25, -0.2) is 0 Å². The largest absolute Gasteiger partial charge is 0.320 e. The van der Waals surface area contributed by atoms with Crippen LogP contribution in [0.25, 0.3) is 0 Å². The van der Waals surface area contributed by atoms with Gasteiger partial charge in [0.25, 0.3) is 0 Å². The molecule has 0 aliphatic heterocycles. The van der Waals surface area contributed by atoms with Crippen LogP contribution in [0.1, 0.15) is 203 Å². The molecule has 220 valence electrons. The van der Waals surface area contributed by atoms with Gasteiger partial charge in [0.1, 0.15) is 0 Å². The highest BCUT2D eigenvalue weighted by atomic mass is 79.9. The normalized spacial score (nSPS) is 9.60. The van der Waals surface area contributed by atoms with Crippen LogP contribution in [0, 0.1) is 0 Å². The molecule has 1 nitrogen and oxygen atoms in total. The number of unbranched alkanes of at least 4 members (excludes halogenated alkanes) is 20. The van der Waals surface area contributed by atoms with Crippen molar-refractivity contribution in [3.8, 4) is 0 Å². The highest BCUT2D eigenvalue weighted by Gasteiger charge is 1.87. The van der Waals surface area contributed by atoms with Crippen molar-refractivity contribution in [3.05, 3.63) is 0 Å². The molecule has 0 unspecified atom stereocenters. The van der Waals surface area contributed by atoms with Crippen molar-refractivity contribution in [2.45, 2.75) is 203 Å². The number of halogens is 1. The van der Waals surface area contributed by atoms with E-state index in [-0.39, 0.29) is 17.0 Å². The third-order valence-electron chi connectivity index (χ3n) is 6.15. The average molecular weight is 567 g/mol. The second-order valence-corrected chi connectivity index (χ2v) is 10.1. The summed E-state index contributed by atoms with van der Waals surface area (Å²) in [6, 6.07) is 0. The zero-order valence-corrected chi connectivity index (χ0v) is 28.3. The van der Waals surface area contributed by atoms with E-state index < -0.39 is 0 Å². The predicted molar refractivity (Wildman–Crippen MR) is 175 cm³/mol. The van der Waals surface area contributed by atoms with E-state index in [0.29, 0.717) is 0 Å². The van der Waals surface area contributed by atoms with Gasteiger partial charge in [0, 0.05) is 0 Å². The zero-order valence-electron chi connectivity index (χ0n) is 26.6. The van der Waals surface area contributed by atoms with Gasteiger partial charge < -0.3 is 5.32 Å². The summed E-state index contributed by atoms with van der Waals surface area (Å²) in [5, 5.41) is 3.16. The van der Waals surface area contributed by atoms with Gasteiger partial charge in [-0.1, -0.05) is 196 Å². The molecule has 0 spiro atoms. The Balaban J connectivity index is -0.000000114. The summed E-state index contributed by atoms with van der Waals surface area (Å²) < 4.78 is 0. The van der Waals surface area contributed by atoms with E-state index in [1.807, 2.05) is 7.05 Å². The fraction of sp³-hybridized carbons (Fsp3) is 1.00. The zero-order chi connectivity index (χ0) is 26.4. The monoisotopic (exact) mass is 566 g/mol. The van der Waals surface area contributed by atoms with Crippen LogP contribution in [0.15, 0.2) is 0 Å². The van der Waals surface area contributed by atoms with Gasteiger partial charge in [0.05, 0.1) is 0 Å². The fourth-order valence-electron chi connectivity index (χ4n) is 3.64.